The summed E-state index contributed by atoms with van der Waals surface area (Å²) in [4.78, 5) is 19.2. The van der Waals surface area contributed by atoms with Gasteiger partial charge >= 0.3 is 0 Å². The van der Waals surface area contributed by atoms with Gasteiger partial charge < -0.3 is 19.9 Å². The molecule has 0 saturated carbocycles. The van der Waals surface area contributed by atoms with Crippen molar-refractivity contribution in [2.45, 2.75) is 31.0 Å². The van der Waals surface area contributed by atoms with Gasteiger partial charge in [-0.25, -0.2) is 13.8 Å². The number of aliphatic imine (C=N–C) groups is 1. The second kappa shape index (κ2) is 14.4. The maximum atomic E-state index is 14.5. The van der Waals surface area contributed by atoms with Crippen molar-refractivity contribution in [2.75, 3.05) is 13.2 Å². The topological polar surface area (TPSA) is 80.2 Å². The summed E-state index contributed by atoms with van der Waals surface area (Å²) in [6, 6.07) is 27.6. The molecule has 0 fully saturated rings. The van der Waals surface area contributed by atoms with Crippen LogP contribution in [0.3, 0.4) is 0 Å². The highest BCUT2D eigenvalue weighted by Crippen LogP contribution is 2.43. The summed E-state index contributed by atoms with van der Waals surface area (Å²) in [5, 5.41) is 11.9. The number of halogens is 3. The van der Waals surface area contributed by atoms with Gasteiger partial charge in [-0.2, -0.15) is 0 Å². The van der Waals surface area contributed by atoms with Gasteiger partial charge in [0.1, 0.15) is 17.4 Å². The molecule has 4 aromatic carbocycles. The first-order chi connectivity index (χ1) is 21.4. The molecule has 6 nitrogen and oxygen atoms in total. The minimum atomic E-state index is -1.46. The van der Waals surface area contributed by atoms with E-state index in [-0.39, 0.29) is 31.0 Å². The standard InChI is InChI=1S/C35H31BrF2N2O4/c36-28-14-9-25(10-15-28)32-35(19-4-8-24-6-2-1-3-7-24,34(42)39-23-27-11-16-29(37)22-31(27)38)40-33(44-32)26-12-17-30(18-13-26)43-21-5-20-41/h1-4,6-18,22,32,41H,5,19-21,23H2,(H,39,42)/b8-4+/t32-,35-/m1/s1. The summed E-state index contributed by atoms with van der Waals surface area (Å²) >= 11 is 3.47. The van der Waals surface area contributed by atoms with Crippen molar-refractivity contribution in [1.29, 1.82) is 0 Å². The van der Waals surface area contributed by atoms with Crippen LogP contribution < -0.4 is 10.1 Å². The van der Waals surface area contributed by atoms with Crippen LogP contribution in [0.25, 0.3) is 6.08 Å². The first-order valence-electron chi connectivity index (χ1n) is 14.2. The van der Waals surface area contributed by atoms with Gasteiger partial charge in [0.05, 0.1) is 6.61 Å². The first-order valence-corrected chi connectivity index (χ1v) is 15.0. The molecule has 5 rings (SSSR count). The number of carbonyl (C=O) groups excluding carboxylic acids is 1. The normalized spacial score (nSPS) is 17.7. The molecule has 1 heterocycles. The highest BCUT2D eigenvalue weighted by atomic mass is 79.9. The van der Waals surface area contributed by atoms with E-state index < -0.39 is 29.2 Å². The predicted molar refractivity (Wildman–Crippen MR) is 169 cm³/mol. The van der Waals surface area contributed by atoms with E-state index in [4.69, 9.17) is 19.6 Å². The molecule has 1 amide bonds. The molecule has 0 aromatic heterocycles. The number of hydrogen-bond acceptors (Lipinski definition) is 5. The molecule has 226 valence electrons. The van der Waals surface area contributed by atoms with Crippen molar-refractivity contribution in [1.82, 2.24) is 5.32 Å². The van der Waals surface area contributed by atoms with Crippen LogP contribution in [0, 0.1) is 11.6 Å². The number of nitrogens with zero attached hydrogens (tertiary/aromatic N) is 1. The van der Waals surface area contributed by atoms with E-state index in [1.54, 1.807) is 24.3 Å². The molecule has 2 atom stereocenters. The Morgan fingerprint density at radius 2 is 1.77 bits per heavy atom. The second-order valence-electron chi connectivity index (χ2n) is 10.3. The van der Waals surface area contributed by atoms with Crippen LogP contribution in [0.2, 0.25) is 0 Å². The number of rotatable bonds is 12. The lowest BCUT2D eigenvalue weighted by Crippen LogP contribution is -2.47. The summed E-state index contributed by atoms with van der Waals surface area (Å²) in [5.41, 5.74) is 1.02. The zero-order valence-electron chi connectivity index (χ0n) is 23.8. The van der Waals surface area contributed by atoms with Crippen LogP contribution in [0.5, 0.6) is 5.75 Å². The Bertz CT molecular complexity index is 1630. The Morgan fingerprint density at radius 3 is 2.48 bits per heavy atom. The largest absolute Gasteiger partial charge is 0.494 e. The van der Waals surface area contributed by atoms with Crippen LogP contribution in [-0.2, 0) is 16.1 Å². The SMILES string of the molecule is O=C(NCc1ccc(F)cc1F)[C@]1(C/C=C/c2ccccc2)N=C(c2ccc(OCCCO)cc2)O[C@@H]1c1ccc(Br)cc1. The number of aliphatic hydroxyl groups excluding tert-OH is 1. The third-order valence-electron chi connectivity index (χ3n) is 7.20. The summed E-state index contributed by atoms with van der Waals surface area (Å²) in [6.07, 6.45) is 3.67. The number of nitrogens with one attached hydrogen (secondary N) is 1. The van der Waals surface area contributed by atoms with E-state index >= 15 is 0 Å². The Morgan fingerprint density at radius 1 is 1.02 bits per heavy atom. The maximum Gasteiger partial charge on any atom is 0.252 e. The number of carbonyl (C=O) groups is 1. The molecular formula is C35H31BrF2N2O4. The van der Waals surface area contributed by atoms with Gasteiger partial charge in [0, 0.05) is 47.7 Å². The van der Waals surface area contributed by atoms with E-state index in [0.717, 1.165) is 27.7 Å². The summed E-state index contributed by atoms with van der Waals surface area (Å²) in [6.45, 7) is 0.258. The Kier molecular flexibility index (Phi) is 10.2. The molecule has 0 spiro atoms. The van der Waals surface area contributed by atoms with E-state index in [2.05, 4.69) is 21.2 Å². The van der Waals surface area contributed by atoms with Crippen LogP contribution in [0.4, 0.5) is 8.78 Å². The molecule has 0 bridgehead atoms. The molecule has 0 saturated heterocycles. The van der Waals surface area contributed by atoms with Crippen LogP contribution in [-0.4, -0.2) is 35.7 Å². The number of amides is 1. The van der Waals surface area contributed by atoms with E-state index in [0.29, 0.717) is 24.3 Å². The van der Waals surface area contributed by atoms with Gasteiger partial charge in [-0.1, -0.05) is 76.6 Å². The fourth-order valence-corrected chi connectivity index (χ4v) is 5.15. The van der Waals surface area contributed by atoms with Crippen LogP contribution in [0.15, 0.2) is 113 Å². The fraction of sp³-hybridized carbons (Fsp3) is 0.200. The fourth-order valence-electron chi connectivity index (χ4n) is 4.89. The molecular weight excluding hydrogens is 630 g/mol. The number of ether oxygens (including phenoxy) is 2. The van der Waals surface area contributed by atoms with Gasteiger partial charge in [-0.05, 0) is 53.6 Å². The Balaban J connectivity index is 1.52. The number of aliphatic hydroxyl groups is 1. The van der Waals surface area contributed by atoms with Crippen molar-refractivity contribution in [3.63, 3.8) is 0 Å². The highest BCUT2D eigenvalue weighted by Gasteiger charge is 2.52. The molecule has 2 N–H and O–H groups in total. The second-order valence-corrected chi connectivity index (χ2v) is 11.2. The van der Waals surface area contributed by atoms with Gasteiger partial charge in [-0.15, -0.1) is 0 Å². The van der Waals surface area contributed by atoms with E-state index in [9.17, 15) is 13.6 Å². The first kappa shape index (κ1) is 31.1. The molecule has 1 aliphatic rings. The third kappa shape index (κ3) is 7.41. The quantitative estimate of drug-likeness (QED) is 0.158. The van der Waals surface area contributed by atoms with Crippen molar-refractivity contribution in [2.24, 2.45) is 4.99 Å². The van der Waals surface area contributed by atoms with Crippen LogP contribution >= 0.6 is 15.9 Å². The monoisotopic (exact) mass is 660 g/mol. The number of hydrogen-bond donors (Lipinski definition) is 2. The lowest BCUT2D eigenvalue weighted by molar-refractivity contribution is -0.129. The van der Waals surface area contributed by atoms with Gasteiger partial charge in [0.25, 0.3) is 5.91 Å². The maximum absolute atomic E-state index is 14.5. The van der Waals surface area contributed by atoms with Crippen molar-refractivity contribution < 1.29 is 28.2 Å². The molecule has 1 aliphatic heterocycles. The van der Waals surface area contributed by atoms with Crippen molar-refractivity contribution in [3.05, 3.63) is 141 Å². The smallest absolute Gasteiger partial charge is 0.252 e. The van der Waals surface area contributed by atoms with Gasteiger partial charge in [-0.3, -0.25) is 4.79 Å². The minimum absolute atomic E-state index is 0.0385. The summed E-state index contributed by atoms with van der Waals surface area (Å²) < 4.78 is 41.0. The third-order valence-corrected chi connectivity index (χ3v) is 7.72. The molecule has 0 aliphatic carbocycles. The average Bonchev–Trinajstić information content (AvgIpc) is 3.42. The minimum Gasteiger partial charge on any atom is -0.494 e. The molecule has 0 radical (unpaired) electrons. The molecule has 44 heavy (non-hydrogen) atoms. The van der Waals surface area contributed by atoms with Crippen molar-refractivity contribution in [3.8, 4) is 5.75 Å². The zero-order valence-corrected chi connectivity index (χ0v) is 25.3. The summed E-state index contributed by atoms with van der Waals surface area (Å²) in [5.74, 6) is -1.01. The molecule has 4 aromatic rings. The average molecular weight is 662 g/mol. The van der Waals surface area contributed by atoms with E-state index in [1.165, 1.54) is 6.07 Å². The Hall–Kier alpha value is -4.34. The molecule has 9 heteroatoms. The molecule has 0 unspecified atom stereocenters. The van der Waals surface area contributed by atoms with Gasteiger partial charge in [0.15, 0.2) is 11.6 Å². The van der Waals surface area contributed by atoms with E-state index in [1.807, 2.05) is 66.7 Å². The van der Waals surface area contributed by atoms with Crippen LogP contribution in [0.1, 0.15) is 41.2 Å². The highest BCUT2D eigenvalue weighted by molar-refractivity contribution is 9.10. The van der Waals surface area contributed by atoms with Gasteiger partial charge in [0.2, 0.25) is 5.90 Å². The lowest BCUT2D eigenvalue weighted by atomic mass is 9.84. The predicted octanol–water partition coefficient (Wildman–Crippen LogP) is 7.17. The zero-order chi connectivity index (χ0) is 30.9. The Labute approximate surface area is 263 Å². The lowest BCUT2D eigenvalue weighted by Gasteiger charge is -2.30. The van der Waals surface area contributed by atoms with Crippen molar-refractivity contribution >= 4 is 33.8 Å². The summed E-state index contributed by atoms with van der Waals surface area (Å²) in [7, 11) is 0. The number of benzene rings is 4.